The maximum Gasteiger partial charge on any atom is 0.320 e. The van der Waals surface area contributed by atoms with Crippen LogP contribution in [-0.2, 0) is 4.79 Å². The molecule has 1 N–H and O–H groups in total. The van der Waals surface area contributed by atoms with Crippen LogP contribution in [0.25, 0.3) is 0 Å². The second kappa shape index (κ2) is 5.09. The molecule has 6 heteroatoms. The zero-order valence-corrected chi connectivity index (χ0v) is 9.78. The van der Waals surface area contributed by atoms with Gasteiger partial charge in [-0.05, 0) is 13.0 Å². The van der Waals surface area contributed by atoms with Gasteiger partial charge in [-0.15, -0.1) is 0 Å². The summed E-state index contributed by atoms with van der Waals surface area (Å²) in [5.74, 6) is -0.0514. The Bertz CT molecular complexity index is 376. The number of carboxylic acids is 1. The Hall–Kier alpha value is -1.69. The van der Waals surface area contributed by atoms with Crippen molar-refractivity contribution in [3.8, 4) is 0 Å². The molecule has 0 aromatic carbocycles. The molecule has 1 aliphatic rings. The summed E-state index contributed by atoms with van der Waals surface area (Å²) in [7, 11) is 0. The van der Waals surface area contributed by atoms with Gasteiger partial charge in [0.2, 0.25) is 5.95 Å². The van der Waals surface area contributed by atoms with E-state index in [1.807, 2.05) is 4.90 Å². The number of aliphatic carboxylic acids is 1. The average molecular weight is 236 g/mol. The highest BCUT2D eigenvalue weighted by Crippen LogP contribution is 2.11. The van der Waals surface area contributed by atoms with E-state index < -0.39 is 12.0 Å². The lowest BCUT2D eigenvalue weighted by Crippen LogP contribution is -2.52. The van der Waals surface area contributed by atoms with Crippen molar-refractivity contribution in [2.45, 2.75) is 13.0 Å². The molecule has 1 aliphatic heterocycles. The summed E-state index contributed by atoms with van der Waals surface area (Å²) in [6.07, 6.45) is 3.43. The lowest BCUT2D eigenvalue weighted by atomic mass is 10.2. The summed E-state index contributed by atoms with van der Waals surface area (Å²) < 4.78 is 0. The highest BCUT2D eigenvalue weighted by molar-refractivity contribution is 5.72. The molecule has 1 saturated heterocycles. The summed E-state index contributed by atoms with van der Waals surface area (Å²) >= 11 is 0. The number of nitrogens with zero attached hydrogens (tertiary/aromatic N) is 4. The molecule has 2 rings (SSSR count). The lowest BCUT2D eigenvalue weighted by molar-refractivity contribution is -0.142. The number of carboxylic acid groups (broad SMARTS) is 1. The molecule has 0 spiro atoms. The van der Waals surface area contributed by atoms with Crippen LogP contribution in [0.1, 0.15) is 6.92 Å². The van der Waals surface area contributed by atoms with Gasteiger partial charge < -0.3 is 10.0 Å². The van der Waals surface area contributed by atoms with E-state index in [1.54, 1.807) is 25.4 Å². The Labute approximate surface area is 99.9 Å². The van der Waals surface area contributed by atoms with E-state index in [0.29, 0.717) is 0 Å². The predicted octanol–water partition coefficient (Wildman–Crippen LogP) is 0.0717. The largest absolute Gasteiger partial charge is 0.480 e. The van der Waals surface area contributed by atoms with Crippen molar-refractivity contribution in [1.82, 2.24) is 14.9 Å². The highest BCUT2D eigenvalue weighted by Gasteiger charge is 2.25. The maximum absolute atomic E-state index is 10.9. The first-order valence-electron chi connectivity index (χ1n) is 5.67. The van der Waals surface area contributed by atoms with E-state index in [0.717, 1.165) is 32.1 Å². The first kappa shape index (κ1) is 11.8. The van der Waals surface area contributed by atoms with Gasteiger partial charge in [0.1, 0.15) is 6.04 Å². The van der Waals surface area contributed by atoms with Crippen LogP contribution in [0.5, 0.6) is 0 Å². The third-order valence-electron chi connectivity index (χ3n) is 3.05. The molecule has 0 bridgehead atoms. The second-order valence-corrected chi connectivity index (χ2v) is 4.09. The van der Waals surface area contributed by atoms with Gasteiger partial charge in [0.25, 0.3) is 0 Å². The molecular weight excluding hydrogens is 220 g/mol. The molecule has 1 fully saturated rings. The van der Waals surface area contributed by atoms with Crippen LogP contribution in [0, 0.1) is 0 Å². The number of hydrogen-bond donors (Lipinski definition) is 1. The Morgan fingerprint density at radius 2 is 1.88 bits per heavy atom. The topological polar surface area (TPSA) is 69.6 Å². The Morgan fingerprint density at radius 3 is 2.41 bits per heavy atom. The molecule has 1 atom stereocenters. The van der Waals surface area contributed by atoms with E-state index >= 15 is 0 Å². The van der Waals surface area contributed by atoms with Gasteiger partial charge in [0, 0.05) is 38.6 Å². The van der Waals surface area contributed by atoms with Crippen molar-refractivity contribution < 1.29 is 9.90 Å². The number of aromatic nitrogens is 2. The van der Waals surface area contributed by atoms with Gasteiger partial charge in [-0.25, -0.2) is 9.97 Å². The van der Waals surface area contributed by atoms with E-state index in [4.69, 9.17) is 5.11 Å². The minimum Gasteiger partial charge on any atom is -0.480 e. The molecule has 0 amide bonds. The zero-order chi connectivity index (χ0) is 12.3. The standard InChI is InChI=1S/C11H16N4O2/c1-9(10(16)17)14-5-7-15(8-6-14)11-12-3-2-4-13-11/h2-4,9H,5-8H2,1H3,(H,16,17)/t9-/m1/s1. The summed E-state index contributed by atoms with van der Waals surface area (Å²) in [5.41, 5.74) is 0. The molecule has 92 valence electrons. The summed E-state index contributed by atoms with van der Waals surface area (Å²) in [6, 6.07) is 1.36. The third kappa shape index (κ3) is 2.71. The van der Waals surface area contributed by atoms with Crippen molar-refractivity contribution in [3.63, 3.8) is 0 Å². The minimum absolute atomic E-state index is 0.422. The minimum atomic E-state index is -0.769. The smallest absolute Gasteiger partial charge is 0.320 e. The molecular formula is C11H16N4O2. The van der Waals surface area contributed by atoms with Gasteiger partial charge in [-0.3, -0.25) is 9.69 Å². The lowest BCUT2D eigenvalue weighted by Gasteiger charge is -2.36. The molecule has 0 saturated carbocycles. The number of piperazine rings is 1. The Morgan fingerprint density at radius 1 is 1.29 bits per heavy atom. The van der Waals surface area contributed by atoms with Crippen molar-refractivity contribution in [2.24, 2.45) is 0 Å². The van der Waals surface area contributed by atoms with Crippen LogP contribution in [-0.4, -0.2) is 58.2 Å². The monoisotopic (exact) mass is 236 g/mol. The zero-order valence-electron chi connectivity index (χ0n) is 9.78. The molecule has 0 radical (unpaired) electrons. The predicted molar refractivity (Wildman–Crippen MR) is 62.9 cm³/mol. The van der Waals surface area contributed by atoms with Gasteiger partial charge in [0.05, 0.1) is 0 Å². The van der Waals surface area contributed by atoms with E-state index in [2.05, 4.69) is 14.9 Å². The fraction of sp³-hybridized carbons (Fsp3) is 0.545. The second-order valence-electron chi connectivity index (χ2n) is 4.09. The molecule has 1 aromatic heterocycles. The van der Waals surface area contributed by atoms with E-state index in [-0.39, 0.29) is 0 Å². The van der Waals surface area contributed by atoms with Crippen LogP contribution in [0.4, 0.5) is 5.95 Å². The molecule has 6 nitrogen and oxygen atoms in total. The molecule has 0 unspecified atom stereocenters. The van der Waals surface area contributed by atoms with Crippen molar-refractivity contribution in [1.29, 1.82) is 0 Å². The van der Waals surface area contributed by atoms with Crippen LogP contribution >= 0.6 is 0 Å². The number of anilines is 1. The SMILES string of the molecule is C[C@H](C(=O)O)N1CCN(c2ncccn2)CC1. The van der Waals surface area contributed by atoms with Crippen LogP contribution in [0.15, 0.2) is 18.5 Å². The number of rotatable bonds is 3. The van der Waals surface area contributed by atoms with E-state index in [9.17, 15) is 4.79 Å². The first-order chi connectivity index (χ1) is 8.18. The summed E-state index contributed by atoms with van der Waals surface area (Å²) in [6.45, 7) is 4.71. The van der Waals surface area contributed by atoms with Gasteiger partial charge in [0.15, 0.2) is 0 Å². The van der Waals surface area contributed by atoms with Crippen molar-refractivity contribution in [3.05, 3.63) is 18.5 Å². The Kier molecular flexibility index (Phi) is 3.53. The highest BCUT2D eigenvalue weighted by atomic mass is 16.4. The fourth-order valence-corrected chi connectivity index (χ4v) is 1.92. The summed E-state index contributed by atoms with van der Waals surface area (Å²) in [5, 5.41) is 8.94. The maximum atomic E-state index is 10.9. The molecule has 17 heavy (non-hydrogen) atoms. The van der Waals surface area contributed by atoms with Crippen LogP contribution < -0.4 is 4.90 Å². The number of hydrogen-bond acceptors (Lipinski definition) is 5. The van der Waals surface area contributed by atoms with Crippen LogP contribution in [0.2, 0.25) is 0 Å². The van der Waals surface area contributed by atoms with Crippen molar-refractivity contribution in [2.75, 3.05) is 31.1 Å². The first-order valence-corrected chi connectivity index (χ1v) is 5.67. The normalized spacial score (nSPS) is 19.0. The molecule has 0 aliphatic carbocycles. The number of carbonyl (C=O) groups is 1. The molecule has 2 heterocycles. The fourth-order valence-electron chi connectivity index (χ4n) is 1.92. The quantitative estimate of drug-likeness (QED) is 0.801. The molecule has 1 aromatic rings. The Balaban J connectivity index is 1.93. The van der Waals surface area contributed by atoms with Gasteiger partial charge in [-0.1, -0.05) is 0 Å². The summed E-state index contributed by atoms with van der Waals surface area (Å²) in [4.78, 5) is 23.3. The van der Waals surface area contributed by atoms with Crippen LogP contribution in [0.3, 0.4) is 0 Å². The van der Waals surface area contributed by atoms with Gasteiger partial charge >= 0.3 is 5.97 Å². The third-order valence-corrected chi connectivity index (χ3v) is 3.05. The van der Waals surface area contributed by atoms with Gasteiger partial charge in [-0.2, -0.15) is 0 Å². The average Bonchev–Trinajstić information content (AvgIpc) is 2.39. The van der Waals surface area contributed by atoms with E-state index in [1.165, 1.54) is 0 Å². The van der Waals surface area contributed by atoms with Crippen molar-refractivity contribution >= 4 is 11.9 Å².